The number of aryl methyl sites for hydroxylation is 1. The minimum absolute atomic E-state index is 0.0137. The summed E-state index contributed by atoms with van der Waals surface area (Å²) in [6.07, 6.45) is 0. The monoisotopic (exact) mass is 491 g/mol. The van der Waals surface area contributed by atoms with Gasteiger partial charge in [-0.1, -0.05) is 42.1 Å². The van der Waals surface area contributed by atoms with E-state index in [2.05, 4.69) is 30.0 Å². The molecular formula is C22H17N7O3S2. The molecule has 34 heavy (non-hydrogen) atoms. The molecule has 0 saturated heterocycles. The second-order valence-electron chi connectivity index (χ2n) is 7.21. The molecule has 0 spiro atoms. The summed E-state index contributed by atoms with van der Waals surface area (Å²) < 4.78 is 2.08. The van der Waals surface area contributed by atoms with Crippen molar-refractivity contribution in [3.63, 3.8) is 0 Å². The van der Waals surface area contributed by atoms with Gasteiger partial charge in [0.2, 0.25) is 11.1 Å². The van der Waals surface area contributed by atoms with E-state index in [0.29, 0.717) is 21.5 Å². The Kier molecular flexibility index (Phi) is 5.90. The van der Waals surface area contributed by atoms with Crippen LogP contribution in [0.15, 0.2) is 59.1 Å². The molecular weight excluding hydrogens is 474 g/mol. The molecule has 12 heteroatoms. The topological polar surface area (TPSA) is 129 Å². The Balaban J connectivity index is 1.27. The van der Waals surface area contributed by atoms with E-state index in [1.54, 1.807) is 17.5 Å². The van der Waals surface area contributed by atoms with Gasteiger partial charge in [0.15, 0.2) is 10.8 Å². The van der Waals surface area contributed by atoms with E-state index in [1.807, 2.05) is 31.2 Å². The molecule has 0 saturated carbocycles. The molecule has 10 nitrogen and oxygen atoms in total. The van der Waals surface area contributed by atoms with Crippen molar-refractivity contribution < 1.29 is 9.72 Å². The minimum atomic E-state index is -0.454. The largest absolute Gasteiger partial charge is 0.324 e. The van der Waals surface area contributed by atoms with E-state index in [0.717, 1.165) is 28.6 Å². The van der Waals surface area contributed by atoms with Gasteiger partial charge in [-0.3, -0.25) is 14.9 Å². The van der Waals surface area contributed by atoms with E-state index in [1.165, 1.54) is 35.2 Å². The van der Waals surface area contributed by atoms with Gasteiger partial charge in [0.05, 0.1) is 21.9 Å². The van der Waals surface area contributed by atoms with Gasteiger partial charge < -0.3 is 9.88 Å². The predicted molar refractivity (Wildman–Crippen MR) is 132 cm³/mol. The summed E-state index contributed by atoms with van der Waals surface area (Å²) in [5, 5.41) is 25.8. The van der Waals surface area contributed by atoms with Crippen molar-refractivity contribution in [1.29, 1.82) is 0 Å². The van der Waals surface area contributed by atoms with Crippen LogP contribution < -0.4 is 5.32 Å². The number of rotatable bonds is 7. The molecule has 5 rings (SSSR count). The Morgan fingerprint density at radius 2 is 2.03 bits per heavy atom. The number of hydrogen-bond donors (Lipinski definition) is 1. The first-order chi connectivity index (χ1) is 16.5. The summed E-state index contributed by atoms with van der Waals surface area (Å²) in [4.78, 5) is 32.0. The molecule has 0 fully saturated rings. The predicted octanol–water partition coefficient (Wildman–Crippen LogP) is 4.76. The fourth-order valence-corrected chi connectivity index (χ4v) is 4.92. The maximum atomic E-state index is 12.5. The van der Waals surface area contributed by atoms with Crippen LogP contribution in [0.3, 0.4) is 0 Å². The SMILES string of the molecule is CCn1c2ccccc2c2nnc(SCC(=O)Nc3nc(-c4cccc([N+](=O)[O-])c4)cs3)nc21. The number of thiazole rings is 1. The number of amides is 1. The highest BCUT2D eigenvalue weighted by Gasteiger charge is 2.15. The van der Waals surface area contributed by atoms with Gasteiger partial charge in [0.1, 0.15) is 5.52 Å². The van der Waals surface area contributed by atoms with Crippen molar-refractivity contribution in [2.75, 3.05) is 11.1 Å². The summed E-state index contributed by atoms with van der Waals surface area (Å²) in [5.74, 6) is -0.171. The molecule has 0 bridgehead atoms. The van der Waals surface area contributed by atoms with Crippen LogP contribution in [0, 0.1) is 10.1 Å². The van der Waals surface area contributed by atoms with Gasteiger partial charge in [-0.05, 0) is 13.0 Å². The smallest absolute Gasteiger partial charge is 0.270 e. The lowest BCUT2D eigenvalue weighted by Gasteiger charge is -2.03. The second-order valence-corrected chi connectivity index (χ2v) is 9.01. The Hall–Kier alpha value is -3.90. The molecule has 170 valence electrons. The third kappa shape index (κ3) is 4.20. The van der Waals surface area contributed by atoms with Crippen molar-refractivity contribution in [2.24, 2.45) is 0 Å². The normalized spacial score (nSPS) is 11.2. The molecule has 0 radical (unpaired) electrons. The Bertz CT molecular complexity index is 1550. The van der Waals surface area contributed by atoms with Gasteiger partial charge in [0, 0.05) is 35.0 Å². The van der Waals surface area contributed by atoms with Crippen LogP contribution >= 0.6 is 23.1 Å². The van der Waals surface area contributed by atoms with Gasteiger partial charge >= 0.3 is 0 Å². The molecule has 0 aliphatic rings. The lowest BCUT2D eigenvalue weighted by atomic mass is 10.1. The molecule has 0 unspecified atom stereocenters. The van der Waals surface area contributed by atoms with Crippen LogP contribution in [0.5, 0.6) is 0 Å². The number of nitro groups is 1. The summed E-state index contributed by atoms with van der Waals surface area (Å²) >= 11 is 2.44. The fourth-order valence-electron chi connectivity index (χ4n) is 3.60. The zero-order chi connectivity index (χ0) is 23.7. The summed E-state index contributed by atoms with van der Waals surface area (Å²) in [7, 11) is 0. The minimum Gasteiger partial charge on any atom is -0.324 e. The van der Waals surface area contributed by atoms with E-state index >= 15 is 0 Å². The van der Waals surface area contributed by atoms with Crippen molar-refractivity contribution in [3.05, 3.63) is 64.0 Å². The number of aromatic nitrogens is 5. The molecule has 0 aliphatic carbocycles. The fraction of sp³-hybridized carbons (Fsp3) is 0.136. The van der Waals surface area contributed by atoms with Crippen LogP contribution in [0.2, 0.25) is 0 Å². The summed E-state index contributed by atoms with van der Waals surface area (Å²) in [5.41, 5.74) is 3.68. The van der Waals surface area contributed by atoms with E-state index in [9.17, 15) is 14.9 Å². The summed E-state index contributed by atoms with van der Waals surface area (Å²) in [6.45, 7) is 2.79. The molecule has 5 aromatic rings. The van der Waals surface area contributed by atoms with E-state index in [4.69, 9.17) is 0 Å². The van der Waals surface area contributed by atoms with Crippen molar-refractivity contribution in [3.8, 4) is 11.3 Å². The Morgan fingerprint density at radius 3 is 2.85 bits per heavy atom. The maximum absolute atomic E-state index is 12.5. The average molecular weight is 492 g/mol. The lowest BCUT2D eigenvalue weighted by molar-refractivity contribution is -0.384. The number of thioether (sulfide) groups is 1. The molecule has 0 atom stereocenters. The van der Waals surface area contributed by atoms with Crippen LogP contribution in [0.4, 0.5) is 10.8 Å². The number of nitrogens with one attached hydrogen (secondary N) is 1. The van der Waals surface area contributed by atoms with Crippen LogP contribution in [0.1, 0.15) is 6.92 Å². The number of hydrogen-bond acceptors (Lipinski definition) is 9. The third-order valence-electron chi connectivity index (χ3n) is 5.11. The van der Waals surface area contributed by atoms with Gasteiger partial charge in [-0.15, -0.1) is 21.5 Å². The van der Waals surface area contributed by atoms with E-state index in [-0.39, 0.29) is 17.3 Å². The van der Waals surface area contributed by atoms with Gasteiger partial charge in [0.25, 0.3) is 5.69 Å². The highest BCUT2D eigenvalue weighted by molar-refractivity contribution is 7.99. The first-order valence-corrected chi connectivity index (χ1v) is 12.1. The molecule has 1 amide bonds. The lowest BCUT2D eigenvalue weighted by Crippen LogP contribution is -2.14. The number of para-hydroxylation sites is 1. The zero-order valence-corrected chi connectivity index (χ0v) is 19.5. The zero-order valence-electron chi connectivity index (χ0n) is 17.8. The number of nitrogens with zero attached hydrogens (tertiary/aromatic N) is 6. The number of carbonyl (C=O) groups excluding carboxylic acids is 1. The quantitative estimate of drug-likeness (QED) is 0.196. The highest BCUT2D eigenvalue weighted by Crippen LogP contribution is 2.29. The van der Waals surface area contributed by atoms with E-state index < -0.39 is 4.92 Å². The van der Waals surface area contributed by atoms with Crippen LogP contribution in [0.25, 0.3) is 33.3 Å². The van der Waals surface area contributed by atoms with Gasteiger partial charge in [-0.2, -0.15) is 0 Å². The standard InChI is InChI=1S/C22H17N7O3S2/c1-2-28-17-9-4-3-8-15(17)19-20(28)25-22(27-26-19)34-12-18(30)24-21-23-16(11-33-21)13-6-5-7-14(10-13)29(31)32/h3-11H,2,12H2,1H3,(H,23,24,30). The molecule has 3 heterocycles. The van der Waals surface area contributed by atoms with Gasteiger partial charge in [-0.25, -0.2) is 9.97 Å². The van der Waals surface area contributed by atoms with Crippen molar-refractivity contribution in [1.82, 2.24) is 24.7 Å². The third-order valence-corrected chi connectivity index (χ3v) is 6.70. The number of anilines is 1. The molecule has 1 N–H and O–H groups in total. The van der Waals surface area contributed by atoms with Crippen molar-refractivity contribution in [2.45, 2.75) is 18.6 Å². The number of non-ortho nitro benzene ring substituents is 1. The molecule has 2 aromatic carbocycles. The Labute approximate surface area is 201 Å². The summed E-state index contributed by atoms with van der Waals surface area (Å²) in [6, 6.07) is 14.2. The number of fused-ring (bicyclic) bond motifs is 3. The molecule has 0 aliphatic heterocycles. The molecule has 3 aromatic heterocycles. The number of carbonyl (C=O) groups is 1. The maximum Gasteiger partial charge on any atom is 0.270 e. The van der Waals surface area contributed by atoms with Crippen LogP contribution in [-0.4, -0.2) is 41.3 Å². The van der Waals surface area contributed by atoms with Crippen LogP contribution in [-0.2, 0) is 11.3 Å². The first-order valence-electron chi connectivity index (χ1n) is 10.3. The second kappa shape index (κ2) is 9.15. The first kappa shape index (κ1) is 21.9. The highest BCUT2D eigenvalue weighted by atomic mass is 32.2. The van der Waals surface area contributed by atoms with Crippen molar-refractivity contribution >= 4 is 61.9 Å². The number of nitro benzene ring substituents is 1. The number of benzene rings is 2. The Morgan fingerprint density at radius 1 is 1.18 bits per heavy atom. The average Bonchev–Trinajstić information content (AvgIpc) is 3.44.